The zero-order valence-corrected chi connectivity index (χ0v) is 20.3. The van der Waals surface area contributed by atoms with Crippen LogP contribution in [0.5, 0.6) is 28.7 Å². The van der Waals surface area contributed by atoms with Gasteiger partial charge in [0.15, 0.2) is 11.5 Å². The van der Waals surface area contributed by atoms with Gasteiger partial charge in [-0.05, 0) is 23.8 Å². The molecule has 0 aliphatic carbocycles. The van der Waals surface area contributed by atoms with E-state index in [9.17, 15) is 14.7 Å². The molecule has 0 radical (unpaired) electrons. The first kappa shape index (κ1) is 23.6. The van der Waals surface area contributed by atoms with Crippen molar-refractivity contribution in [2.24, 2.45) is 0 Å². The van der Waals surface area contributed by atoms with Crippen molar-refractivity contribution < 1.29 is 33.3 Å². The number of hydrogen-bond donors (Lipinski definition) is 1. The summed E-state index contributed by atoms with van der Waals surface area (Å²) in [4.78, 5) is 26.1. The van der Waals surface area contributed by atoms with Crippen molar-refractivity contribution in [3.05, 3.63) is 75.1 Å². The highest BCUT2D eigenvalue weighted by molar-refractivity contribution is 6.30. The van der Waals surface area contributed by atoms with Gasteiger partial charge in [-0.15, -0.1) is 0 Å². The van der Waals surface area contributed by atoms with Crippen molar-refractivity contribution in [1.82, 2.24) is 0 Å². The number of phenols is 1. The zero-order chi connectivity index (χ0) is 25.6. The molecule has 1 N–H and O–H groups in total. The first-order valence-electron chi connectivity index (χ1n) is 10.9. The van der Waals surface area contributed by atoms with Crippen LogP contribution in [-0.2, 0) is 4.79 Å². The highest BCUT2D eigenvalue weighted by atomic mass is 35.5. The third-order valence-corrected chi connectivity index (χ3v) is 6.49. The van der Waals surface area contributed by atoms with Crippen LogP contribution < -0.4 is 24.4 Å². The molecule has 3 aromatic carbocycles. The van der Waals surface area contributed by atoms with Gasteiger partial charge in [-0.25, -0.2) is 0 Å². The molecule has 9 heteroatoms. The highest BCUT2D eigenvalue weighted by Gasteiger charge is 2.36. The average molecular weight is 509 g/mol. The fourth-order valence-corrected chi connectivity index (χ4v) is 4.68. The minimum Gasteiger partial charge on any atom is -0.507 e. The van der Waals surface area contributed by atoms with Gasteiger partial charge in [0, 0.05) is 34.2 Å². The molecule has 0 unspecified atom stereocenters. The lowest BCUT2D eigenvalue weighted by molar-refractivity contribution is -0.135. The van der Waals surface area contributed by atoms with Crippen LogP contribution in [0.4, 0.5) is 0 Å². The van der Waals surface area contributed by atoms with Crippen molar-refractivity contribution in [1.29, 1.82) is 0 Å². The molecule has 5 rings (SSSR count). The van der Waals surface area contributed by atoms with Gasteiger partial charge in [-0.2, -0.15) is 0 Å². The SMILES string of the molecule is COc1cc(OC)c([C@@H]2CC(=O)Oc3cc(O)c4c(=O)c(-c5ccc(Cl)cc5)coc4c32)cc1OC. The van der Waals surface area contributed by atoms with Gasteiger partial charge >= 0.3 is 5.97 Å². The summed E-state index contributed by atoms with van der Waals surface area (Å²) in [5.41, 5.74) is 1.55. The number of rotatable bonds is 5. The van der Waals surface area contributed by atoms with Gasteiger partial charge in [0.25, 0.3) is 0 Å². The molecule has 1 aromatic heterocycles. The Balaban J connectivity index is 1.78. The standard InChI is InChI=1S/C27H21ClO8/c1-32-19-11-21(34-3)20(33-2)8-15(19)16-9-23(30)36-22-10-18(29)25-26(31)17(12-35-27(25)24(16)22)13-4-6-14(28)7-5-13/h4-8,10-12,16,29H,9H2,1-3H3/t16-/m0/s1. The normalized spacial score (nSPS) is 14.8. The summed E-state index contributed by atoms with van der Waals surface area (Å²) < 4.78 is 27.8. The fraction of sp³-hybridized carbons (Fsp3) is 0.185. The number of carbonyl (C=O) groups excluding carboxylic acids is 1. The minimum atomic E-state index is -0.622. The Bertz CT molecular complexity index is 1560. The summed E-state index contributed by atoms with van der Waals surface area (Å²) in [7, 11) is 4.51. The Morgan fingerprint density at radius 1 is 0.944 bits per heavy atom. The zero-order valence-electron chi connectivity index (χ0n) is 19.6. The number of esters is 1. The van der Waals surface area contributed by atoms with Gasteiger partial charge in [0.05, 0.1) is 33.3 Å². The Morgan fingerprint density at radius 2 is 1.61 bits per heavy atom. The number of methoxy groups -OCH3 is 3. The Kier molecular flexibility index (Phi) is 5.97. The van der Waals surface area contributed by atoms with Crippen molar-refractivity contribution in [2.75, 3.05) is 21.3 Å². The Hall–Kier alpha value is -4.17. The Morgan fingerprint density at radius 3 is 2.28 bits per heavy atom. The number of ether oxygens (including phenoxy) is 4. The van der Waals surface area contributed by atoms with Crippen LogP contribution >= 0.6 is 11.6 Å². The third kappa shape index (κ3) is 3.79. The van der Waals surface area contributed by atoms with E-state index in [1.807, 2.05) is 0 Å². The summed E-state index contributed by atoms with van der Waals surface area (Å²) >= 11 is 5.98. The summed E-state index contributed by atoms with van der Waals surface area (Å²) in [5, 5.41) is 11.3. The molecule has 0 spiro atoms. The molecule has 0 bridgehead atoms. The largest absolute Gasteiger partial charge is 0.507 e. The van der Waals surface area contributed by atoms with Crippen LogP contribution in [0.1, 0.15) is 23.5 Å². The van der Waals surface area contributed by atoms with E-state index in [0.717, 1.165) is 0 Å². The molecule has 1 aliphatic heterocycles. The molecular formula is C27H21ClO8. The van der Waals surface area contributed by atoms with Crippen LogP contribution in [0.3, 0.4) is 0 Å². The molecule has 1 aliphatic rings. The molecule has 0 amide bonds. The van der Waals surface area contributed by atoms with Gasteiger partial charge in [0.2, 0.25) is 5.43 Å². The average Bonchev–Trinajstić information content (AvgIpc) is 2.87. The van der Waals surface area contributed by atoms with E-state index >= 15 is 0 Å². The van der Waals surface area contributed by atoms with E-state index in [2.05, 4.69) is 0 Å². The molecule has 1 atom stereocenters. The maximum Gasteiger partial charge on any atom is 0.312 e. The molecule has 36 heavy (non-hydrogen) atoms. The smallest absolute Gasteiger partial charge is 0.312 e. The first-order chi connectivity index (χ1) is 17.4. The summed E-state index contributed by atoms with van der Waals surface area (Å²) in [6, 6.07) is 11.3. The van der Waals surface area contributed by atoms with E-state index in [1.54, 1.807) is 36.4 Å². The third-order valence-electron chi connectivity index (χ3n) is 6.24. The molecule has 0 fully saturated rings. The summed E-state index contributed by atoms with van der Waals surface area (Å²) in [5.74, 6) is -0.0669. The fourth-order valence-electron chi connectivity index (χ4n) is 4.55. The molecule has 184 valence electrons. The lowest BCUT2D eigenvalue weighted by Crippen LogP contribution is -2.22. The van der Waals surface area contributed by atoms with Gasteiger partial charge in [0.1, 0.15) is 34.5 Å². The van der Waals surface area contributed by atoms with E-state index in [-0.39, 0.29) is 34.5 Å². The molecule has 0 saturated heterocycles. The highest BCUT2D eigenvalue weighted by Crippen LogP contribution is 2.49. The topological polar surface area (TPSA) is 104 Å². The predicted molar refractivity (Wildman–Crippen MR) is 133 cm³/mol. The lowest BCUT2D eigenvalue weighted by Gasteiger charge is -2.27. The van der Waals surface area contributed by atoms with Crippen LogP contribution in [0, 0.1) is 0 Å². The van der Waals surface area contributed by atoms with E-state index in [4.69, 9.17) is 35.0 Å². The number of carbonyl (C=O) groups is 1. The van der Waals surface area contributed by atoms with E-state index in [1.165, 1.54) is 33.7 Å². The van der Waals surface area contributed by atoms with Crippen LogP contribution in [-0.4, -0.2) is 32.4 Å². The van der Waals surface area contributed by atoms with Crippen molar-refractivity contribution >= 4 is 28.5 Å². The van der Waals surface area contributed by atoms with E-state index < -0.39 is 17.3 Å². The lowest BCUT2D eigenvalue weighted by atomic mass is 9.84. The van der Waals surface area contributed by atoms with Gasteiger partial charge in [-0.3, -0.25) is 9.59 Å². The molecule has 2 heterocycles. The van der Waals surface area contributed by atoms with Crippen molar-refractivity contribution in [2.45, 2.75) is 12.3 Å². The molecule has 0 saturated carbocycles. The number of aromatic hydroxyl groups is 1. The Labute approximate surface area is 210 Å². The second-order valence-electron chi connectivity index (χ2n) is 8.18. The van der Waals surface area contributed by atoms with Gasteiger partial charge in [-0.1, -0.05) is 23.7 Å². The number of hydrogen-bond acceptors (Lipinski definition) is 8. The maximum atomic E-state index is 13.5. The number of phenolic OH excluding ortho intramolecular Hbond substituents is 1. The van der Waals surface area contributed by atoms with Crippen LogP contribution in [0.2, 0.25) is 5.02 Å². The second kappa shape index (κ2) is 9.13. The first-order valence-corrected chi connectivity index (χ1v) is 11.3. The number of fused-ring (bicyclic) bond motifs is 3. The molecular weight excluding hydrogens is 488 g/mol. The minimum absolute atomic E-state index is 0.0245. The summed E-state index contributed by atoms with van der Waals surface area (Å²) in [6.45, 7) is 0. The summed E-state index contributed by atoms with van der Waals surface area (Å²) in [6.07, 6.45) is 1.27. The van der Waals surface area contributed by atoms with Crippen molar-refractivity contribution in [3.8, 4) is 39.9 Å². The second-order valence-corrected chi connectivity index (χ2v) is 8.61. The predicted octanol–water partition coefficient (Wildman–Crippen LogP) is 5.29. The van der Waals surface area contributed by atoms with E-state index in [0.29, 0.717) is 39.0 Å². The van der Waals surface area contributed by atoms with Crippen LogP contribution in [0.15, 0.2) is 57.9 Å². The monoisotopic (exact) mass is 508 g/mol. The quantitative estimate of drug-likeness (QED) is 0.286. The van der Waals surface area contributed by atoms with Crippen molar-refractivity contribution in [3.63, 3.8) is 0 Å². The number of halogens is 1. The van der Waals surface area contributed by atoms with Gasteiger partial charge < -0.3 is 28.5 Å². The molecule has 8 nitrogen and oxygen atoms in total. The van der Waals surface area contributed by atoms with Crippen LogP contribution in [0.25, 0.3) is 22.1 Å². The number of benzene rings is 3. The maximum absolute atomic E-state index is 13.5. The molecule has 4 aromatic rings.